The minimum absolute atomic E-state index is 0.138. The topological polar surface area (TPSA) is 71.5 Å². The van der Waals surface area contributed by atoms with Crippen LogP contribution in [0.1, 0.15) is 53.7 Å². The van der Waals surface area contributed by atoms with Crippen molar-refractivity contribution >= 4 is 17.5 Å². The molecule has 1 saturated heterocycles. The zero-order valence-corrected chi connectivity index (χ0v) is 20.4. The van der Waals surface area contributed by atoms with Gasteiger partial charge in [-0.1, -0.05) is 30.3 Å². The Bertz CT molecular complexity index is 1190. The maximum atomic E-state index is 12.7. The number of benzene rings is 2. The lowest BCUT2D eigenvalue weighted by molar-refractivity contribution is -0.141. The van der Waals surface area contributed by atoms with E-state index in [0.29, 0.717) is 18.8 Å². The third-order valence-electron chi connectivity index (χ3n) is 6.30. The molecule has 0 bridgehead atoms. The van der Waals surface area contributed by atoms with Crippen LogP contribution in [0.15, 0.2) is 72.9 Å². The first kappa shape index (κ1) is 26.2. The number of pyridine rings is 1. The molecule has 1 aromatic heterocycles. The lowest BCUT2D eigenvalue weighted by atomic mass is 9.89. The summed E-state index contributed by atoms with van der Waals surface area (Å²) in [7, 11) is 0. The van der Waals surface area contributed by atoms with Crippen molar-refractivity contribution in [3.63, 3.8) is 0 Å². The van der Waals surface area contributed by atoms with Crippen molar-refractivity contribution in [1.29, 1.82) is 0 Å². The molecule has 1 N–H and O–H groups in total. The fraction of sp³-hybridized carbons (Fsp3) is 0.321. The van der Waals surface area contributed by atoms with Gasteiger partial charge in [-0.15, -0.1) is 0 Å². The van der Waals surface area contributed by atoms with Gasteiger partial charge in [0.2, 0.25) is 5.91 Å². The van der Waals surface area contributed by atoms with Gasteiger partial charge >= 0.3 is 6.18 Å². The van der Waals surface area contributed by atoms with E-state index in [4.69, 9.17) is 4.74 Å². The minimum Gasteiger partial charge on any atom is -0.490 e. The van der Waals surface area contributed by atoms with E-state index in [1.807, 2.05) is 61.5 Å². The molecule has 9 heteroatoms. The molecular weight excluding hydrogens is 483 g/mol. The summed E-state index contributed by atoms with van der Waals surface area (Å²) < 4.78 is 43.9. The Morgan fingerprint density at radius 3 is 2.30 bits per heavy atom. The Balaban J connectivity index is 1.25. The van der Waals surface area contributed by atoms with Crippen LogP contribution >= 0.6 is 0 Å². The van der Waals surface area contributed by atoms with E-state index in [2.05, 4.69) is 10.3 Å². The van der Waals surface area contributed by atoms with Crippen LogP contribution < -0.4 is 10.1 Å². The summed E-state index contributed by atoms with van der Waals surface area (Å²) in [6, 6.07) is 19.0. The van der Waals surface area contributed by atoms with Crippen LogP contribution in [-0.2, 0) is 11.0 Å². The largest absolute Gasteiger partial charge is 0.490 e. The van der Waals surface area contributed by atoms with Gasteiger partial charge in [0, 0.05) is 25.0 Å². The van der Waals surface area contributed by atoms with Crippen LogP contribution in [0.5, 0.6) is 5.75 Å². The Morgan fingerprint density at radius 2 is 1.70 bits per heavy atom. The molecule has 2 heterocycles. The van der Waals surface area contributed by atoms with Gasteiger partial charge in [0.1, 0.15) is 17.5 Å². The quantitative estimate of drug-likeness (QED) is 0.428. The number of hydrogen-bond donors (Lipinski definition) is 1. The second kappa shape index (κ2) is 11.5. The number of halogens is 3. The van der Waals surface area contributed by atoms with Crippen molar-refractivity contribution in [2.24, 2.45) is 0 Å². The highest BCUT2D eigenvalue weighted by molar-refractivity contribution is 5.94. The van der Waals surface area contributed by atoms with Gasteiger partial charge in [0.15, 0.2) is 0 Å². The van der Waals surface area contributed by atoms with E-state index in [1.165, 1.54) is 6.07 Å². The van der Waals surface area contributed by atoms with Crippen molar-refractivity contribution in [2.45, 2.75) is 44.4 Å². The molecule has 1 atom stereocenters. The summed E-state index contributed by atoms with van der Waals surface area (Å²) in [5.74, 6) is 0.513. The van der Waals surface area contributed by atoms with Gasteiger partial charge in [-0.05, 0) is 67.6 Å². The lowest BCUT2D eigenvalue weighted by Crippen LogP contribution is -2.38. The highest BCUT2D eigenvalue weighted by Gasteiger charge is 2.32. The van der Waals surface area contributed by atoms with E-state index in [1.54, 1.807) is 4.90 Å². The van der Waals surface area contributed by atoms with Crippen LogP contribution in [0.2, 0.25) is 0 Å². The number of amides is 2. The van der Waals surface area contributed by atoms with Gasteiger partial charge < -0.3 is 15.0 Å². The molecule has 4 rings (SSSR count). The molecule has 194 valence electrons. The molecule has 37 heavy (non-hydrogen) atoms. The summed E-state index contributed by atoms with van der Waals surface area (Å²) in [6.07, 6.45) is -2.13. The molecule has 2 amide bonds. The molecule has 0 spiro atoms. The van der Waals surface area contributed by atoms with E-state index in [-0.39, 0.29) is 35.8 Å². The van der Waals surface area contributed by atoms with Crippen molar-refractivity contribution in [3.8, 4) is 5.75 Å². The van der Waals surface area contributed by atoms with E-state index < -0.39 is 11.9 Å². The zero-order valence-electron chi connectivity index (χ0n) is 20.4. The van der Waals surface area contributed by atoms with Crippen LogP contribution in [0, 0.1) is 0 Å². The van der Waals surface area contributed by atoms with Gasteiger partial charge in [-0.2, -0.15) is 13.2 Å². The average molecular weight is 512 g/mol. The van der Waals surface area contributed by atoms with Gasteiger partial charge in [0.25, 0.3) is 5.91 Å². The van der Waals surface area contributed by atoms with Crippen LogP contribution in [0.3, 0.4) is 0 Å². The molecule has 2 aromatic carbocycles. The second-order valence-corrected chi connectivity index (χ2v) is 9.11. The molecule has 0 radical (unpaired) electrons. The van der Waals surface area contributed by atoms with E-state index >= 15 is 0 Å². The maximum absolute atomic E-state index is 12.7. The van der Waals surface area contributed by atoms with Crippen molar-refractivity contribution in [1.82, 2.24) is 9.88 Å². The number of ether oxygens (including phenoxy) is 1. The molecule has 1 aliphatic heterocycles. The molecule has 1 aliphatic rings. The SMILES string of the molecule is CC(CC(=O)Nc1ccc(C2CCN(C(=O)c3ccc(C(F)(F)F)nc3)CC2)cc1)Oc1ccccc1. The van der Waals surface area contributed by atoms with Crippen LogP contribution in [0.25, 0.3) is 0 Å². The number of nitrogens with zero attached hydrogens (tertiary/aromatic N) is 2. The summed E-state index contributed by atoms with van der Waals surface area (Å²) in [5.41, 5.74) is 0.942. The zero-order chi connectivity index (χ0) is 26.4. The first-order chi connectivity index (χ1) is 17.7. The van der Waals surface area contributed by atoms with Crippen molar-refractivity contribution in [2.75, 3.05) is 18.4 Å². The van der Waals surface area contributed by atoms with Crippen molar-refractivity contribution < 1.29 is 27.5 Å². The monoisotopic (exact) mass is 511 g/mol. The molecule has 0 aliphatic carbocycles. The number of piperidine rings is 1. The normalized spacial score (nSPS) is 15.2. The first-order valence-corrected chi connectivity index (χ1v) is 12.1. The van der Waals surface area contributed by atoms with E-state index in [0.717, 1.165) is 36.4 Å². The van der Waals surface area contributed by atoms with E-state index in [9.17, 15) is 22.8 Å². The van der Waals surface area contributed by atoms with Gasteiger partial charge in [-0.25, -0.2) is 0 Å². The number of alkyl halides is 3. The predicted octanol–water partition coefficient (Wildman–Crippen LogP) is 5.92. The number of likely N-dealkylation sites (tertiary alicyclic amines) is 1. The number of aromatic nitrogens is 1. The lowest BCUT2D eigenvalue weighted by Gasteiger charge is -2.32. The number of anilines is 1. The Hall–Kier alpha value is -3.88. The number of rotatable bonds is 7. The van der Waals surface area contributed by atoms with Gasteiger partial charge in [0.05, 0.1) is 12.0 Å². The summed E-state index contributed by atoms with van der Waals surface area (Å²) >= 11 is 0. The average Bonchev–Trinajstić information content (AvgIpc) is 2.89. The molecule has 3 aromatic rings. The smallest absolute Gasteiger partial charge is 0.433 e. The summed E-state index contributed by atoms with van der Waals surface area (Å²) in [4.78, 5) is 30.1. The number of carbonyl (C=O) groups excluding carboxylic acids is 2. The molecule has 1 unspecified atom stereocenters. The highest BCUT2D eigenvalue weighted by atomic mass is 19.4. The summed E-state index contributed by atoms with van der Waals surface area (Å²) in [6.45, 7) is 2.85. The number of nitrogens with one attached hydrogen (secondary N) is 1. The van der Waals surface area contributed by atoms with Crippen molar-refractivity contribution in [3.05, 3.63) is 89.7 Å². The fourth-order valence-corrected chi connectivity index (χ4v) is 4.37. The molecule has 0 saturated carbocycles. The first-order valence-electron chi connectivity index (χ1n) is 12.1. The summed E-state index contributed by atoms with van der Waals surface area (Å²) in [5, 5.41) is 2.89. The highest BCUT2D eigenvalue weighted by Crippen LogP contribution is 2.30. The predicted molar refractivity (Wildman–Crippen MR) is 133 cm³/mol. The molecule has 1 fully saturated rings. The Morgan fingerprint density at radius 1 is 1.03 bits per heavy atom. The van der Waals surface area contributed by atoms with Crippen LogP contribution in [0.4, 0.5) is 18.9 Å². The second-order valence-electron chi connectivity index (χ2n) is 9.11. The molecule has 6 nitrogen and oxygen atoms in total. The number of carbonyl (C=O) groups is 2. The molecular formula is C28H28F3N3O3. The van der Waals surface area contributed by atoms with Crippen LogP contribution in [-0.4, -0.2) is 40.9 Å². The van der Waals surface area contributed by atoms with Gasteiger partial charge in [-0.3, -0.25) is 14.6 Å². The Labute approximate surface area is 213 Å². The number of para-hydroxylation sites is 1. The standard InChI is InChI=1S/C28H28F3N3O3/c1-19(37-24-5-3-2-4-6-24)17-26(35)33-23-10-7-20(8-11-23)21-13-15-34(16-14-21)27(36)22-9-12-25(32-18-22)28(29,30)31/h2-12,18-19,21H,13-17H2,1H3,(H,33,35). The number of hydrogen-bond acceptors (Lipinski definition) is 4. The fourth-order valence-electron chi connectivity index (χ4n) is 4.37. The third kappa shape index (κ3) is 7.09. The third-order valence-corrected chi connectivity index (χ3v) is 6.30. The minimum atomic E-state index is -4.53. The maximum Gasteiger partial charge on any atom is 0.433 e. The Kier molecular flexibility index (Phi) is 8.11.